The fraction of sp³-hybridized carbons (Fsp3) is 0.286. The van der Waals surface area contributed by atoms with Crippen molar-refractivity contribution in [2.24, 2.45) is 7.05 Å². The summed E-state index contributed by atoms with van der Waals surface area (Å²) < 4.78 is 8.01. The third-order valence-corrected chi connectivity index (χ3v) is 4.35. The molecule has 3 rings (SSSR count). The van der Waals surface area contributed by atoms with Crippen LogP contribution < -0.4 is 5.32 Å². The van der Waals surface area contributed by atoms with Crippen LogP contribution in [0.3, 0.4) is 0 Å². The van der Waals surface area contributed by atoms with Crippen LogP contribution in [0.2, 0.25) is 4.34 Å². The van der Waals surface area contributed by atoms with Crippen molar-refractivity contribution in [3.8, 4) is 0 Å². The highest BCUT2D eigenvalue weighted by atomic mass is 35.5. The average molecular weight is 323 g/mol. The van der Waals surface area contributed by atoms with Crippen LogP contribution in [-0.2, 0) is 13.5 Å². The Labute approximate surface area is 131 Å². The van der Waals surface area contributed by atoms with Gasteiger partial charge in [-0.25, -0.2) is 4.98 Å². The SMILES string of the molecule is Cn1cnc(CCNC(c2ccco2)c2ccc(Cl)s2)n1. The second kappa shape index (κ2) is 6.43. The van der Waals surface area contributed by atoms with Gasteiger partial charge in [0.05, 0.1) is 10.6 Å². The lowest BCUT2D eigenvalue weighted by atomic mass is 10.2. The molecule has 0 fully saturated rings. The first kappa shape index (κ1) is 14.3. The molecule has 0 amide bonds. The lowest BCUT2D eigenvalue weighted by Crippen LogP contribution is -2.24. The van der Waals surface area contributed by atoms with E-state index in [9.17, 15) is 0 Å². The number of nitrogens with zero attached hydrogens (tertiary/aromatic N) is 3. The molecule has 5 nitrogen and oxygen atoms in total. The molecular weight excluding hydrogens is 308 g/mol. The minimum atomic E-state index is 0.00112. The molecular formula is C14H15ClN4OS. The molecule has 1 unspecified atom stereocenters. The van der Waals surface area contributed by atoms with E-state index in [1.165, 1.54) is 0 Å². The Morgan fingerprint density at radius 2 is 2.33 bits per heavy atom. The van der Waals surface area contributed by atoms with Crippen molar-refractivity contribution < 1.29 is 4.42 Å². The zero-order valence-corrected chi connectivity index (χ0v) is 13.1. The highest BCUT2D eigenvalue weighted by Crippen LogP contribution is 2.31. The van der Waals surface area contributed by atoms with Gasteiger partial charge in [0, 0.05) is 24.9 Å². The Balaban J connectivity index is 1.68. The Hall–Kier alpha value is -1.63. The minimum Gasteiger partial charge on any atom is -0.467 e. The Kier molecular flexibility index (Phi) is 4.38. The topological polar surface area (TPSA) is 55.9 Å². The molecule has 0 radical (unpaired) electrons. The number of hydrogen-bond donors (Lipinski definition) is 1. The summed E-state index contributed by atoms with van der Waals surface area (Å²) in [5, 5.41) is 7.75. The van der Waals surface area contributed by atoms with Gasteiger partial charge >= 0.3 is 0 Å². The van der Waals surface area contributed by atoms with Crippen LogP contribution >= 0.6 is 22.9 Å². The van der Waals surface area contributed by atoms with E-state index in [1.807, 2.05) is 31.3 Å². The molecule has 0 aromatic carbocycles. The summed E-state index contributed by atoms with van der Waals surface area (Å²) in [4.78, 5) is 5.35. The monoisotopic (exact) mass is 322 g/mol. The fourth-order valence-electron chi connectivity index (χ4n) is 2.11. The van der Waals surface area contributed by atoms with Crippen LogP contribution in [0, 0.1) is 0 Å². The predicted octanol–water partition coefficient (Wildman–Crippen LogP) is 3.04. The fourth-order valence-corrected chi connectivity index (χ4v) is 3.25. The largest absolute Gasteiger partial charge is 0.467 e. The molecule has 0 aliphatic rings. The summed E-state index contributed by atoms with van der Waals surface area (Å²) in [7, 11) is 1.86. The van der Waals surface area contributed by atoms with Crippen molar-refractivity contribution in [2.45, 2.75) is 12.5 Å². The van der Waals surface area contributed by atoms with Crippen LogP contribution in [0.4, 0.5) is 0 Å². The van der Waals surface area contributed by atoms with Gasteiger partial charge < -0.3 is 9.73 Å². The molecule has 0 aliphatic heterocycles. The summed E-state index contributed by atoms with van der Waals surface area (Å²) in [5.41, 5.74) is 0. The van der Waals surface area contributed by atoms with E-state index in [-0.39, 0.29) is 6.04 Å². The maximum atomic E-state index is 6.04. The molecule has 1 atom stereocenters. The first-order valence-corrected chi connectivity index (χ1v) is 7.78. The number of furan rings is 1. The molecule has 7 heteroatoms. The van der Waals surface area contributed by atoms with E-state index in [0.29, 0.717) is 0 Å². The van der Waals surface area contributed by atoms with Gasteiger partial charge in [-0.05, 0) is 24.3 Å². The number of rotatable bonds is 6. The van der Waals surface area contributed by atoms with Crippen LogP contribution in [0.25, 0.3) is 0 Å². The summed E-state index contributed by atoms with van der Waals surface area (Å²) in [6.45, 7) is 0.755. The zero-order chi connectivity index (χ0) is 14.7. The lowest BCUT2D eigenvalue weighted by Gasteiger charge is -2.14. The third kappa shape index (κ3) is 3.53. The Morgan fingerprint density at radius 1 is 1.43 bits per heavy atom. The summed E-state index contributed by atoms with van der Waals surface area (Å²) in [6, 6.07) is 7.77. The predicted molar refractivity (Wildman–Crippen MR) is 82.6 cm³/mol. The molecule has 0 bridgehead atoms. The summed E-state index contributed by atoms with van der Waals surface area (Å²) in [5.74, 6) is 1.70. The molecule has 1 N–H and O–H groups in total. The quantitative estimate of drug-likeness (QED) is 0.758. The number of aromatic nitrogens is 3. The van der Waals surface area contributed by atoms with E-state index < -0.39 is 0 Å². The number of nitrogens with one attached hydrogen (secondary N) is 1. The van der Waals surface area contributed by atoms with Crippen LogP contribution in [-0.4, -0.2) is 21.3 Å². The van der Waals surface area contributed by atoms with E-state index >= 15 is 0 Å². The first-order valence-electron chi connectivity index (χ1n) is 6.59. The molecule has 110 valence electrons. The third-order valence-electron chi connectivity index (χ3n) is 3.05. The maximum Gasteiger partial charge on any atom is 0.151 e. The molecule has 0 saturated heterocycles. The van der Waals surface area contributed by atoms with Gasteiger partial charge in [0.25, 0.3) is 0 Å². The number of halogens is 1. The molecule has 3 aromatic heterocycles. The number of thiophene rings is 1. The normalized spacial score (nSPS) is 12.7. The van der Waals surface area contributed by atoms with Gasteiger partial charge in [-0.1, -0.05) is 11.6 Å². The molecule has 3 aromatic rings. The van der Waals surface area contributed by atoms with E-state index in [1.54, 1.807) is 28.6 Å². The average Bonchev–Trinajstić information content (AvgIpc) is 3.17. The number of aryl methyl sites for hydroxylation is 1. The van der Waals surface area contributed by atoms with Gasteiger partial charge in [0.2, 0.25) is 0 Å². The number of hydrogen-bond acceptors (Lipinski definition) is 5. The Bertz CT molecular complexity index is 691. The minimum absolute atomic E-state index is 0.00112. The summed E-state index contributed by atoms with van der Waals surface area (Å²) in [6.07, 6.45) is 4.15. The second-order valence-electron chi connectivity index (χ2n) is 4.63. The van der Waals surface area contributed by atoms with Crippen molar-refractivity contribution in [1.82, 2.24) is 20.1 Å². The highest BCUT2D eigenvalue weighted by Gasteiger charge is 2.18. The Morgan fingerprint density at radius 3 is 2.95 bits per heavy atom. The van der Waals surface area contributed by atoms with E-state index in [0.717, 1.165) is 33.8 Å². The smallest absolute Gasteiger partial charge is 0.151 e. The van der Waals surface area contributed by atoms with E-state index in [4.69, 9.17) is 16.0 Å². The molecule has 0 aliphatic carbocycles. The van der Waals surface area contributed by atoms with Gasteiger partial charge in [0.15, 0.2) is 5.82 Å². The summed E-state index contributed by atoms with van der Waals surface area (Å²) >= 11 is 7.59. The lowest BCUT2D eigenvalue weighted by molar-refractivity contribution is 0.450. The van der Waals surface area contributed by atoms with Crippen LogP contribution in [0.15, 0.2) is 41.3 Å². The highest BCUT2D eigenvalue weighted by molar-refractivity contribution is 7.16. The van der Waals surface area contributed by atoms with Crippen molar-refractivity contribution in [1.29, 1.82) is 0 Å². The van der Waals surface area contributed by atoms with E-state index in [2.05, 4.69) is 15.4 Å². The zero-order valence-electron chi connectivity index (χ0n) is 11.5. The second-order valence-corrected chi connectivity index (χ2v) is 6.38. The molecule has 21 heavy (non-hydrogen) atoms. The van der Waals surface area contributed by atoms with Crippen LogP contribution in [0.1, 0.15) is 22.5 Å². The molecule has 0 spiro atoms. The van der Waals surface area contributed by atoms with Crippen molar-refractivity contribution in [3.63, 3.8) is 0 Å². The van der Waals surface area contributed by atoms with Gasteiger partial charge in [-0.15, -0.1) is 11.3 Å². The van der Waals surface area contributed by atoms with Crippen molar-refractivity contribution in [3.05, 3.63) is 57.7 Å². The first-order chi connectivity index (χ1) is 10.2. The molecule has 0 saturated carbocycles. The molecule has 3 heterocycles. The van der Waals surface area contributed by atoms with Crippen molar-refractivity contribution >= 4 is 22.9 Å². The van der Waals surface area contributed by atoms with Crippen molar-refractivity contribution in [2.75, 3.05) is 6.54 Å². The van der Waals surface area contributed by atoms with Gasteiger partial charge in [-0.3, -0.25) is 4.68 Å². The van der Waals surface area contributed by atoms with Gasteiger partial charge in [0.1, 0.15) is 18.1 Å². The maximum absolute atomic E-state index is 6.04. The van der Waals surface area contributed by atoms with Crippen LogP contribution in [0.5, 0.6) is 0 Å². The van der Waals surface area contributed by atoms with Gasteiger partial charge in [-0.2, -0.15) is 5.10 Å². The standard InChI is InChI=1S/C14H15ClN4OS/c1-19-9-17-13(18-19)6-7-16-14(10-3-2-8-20-10)11-4-5-12(15)21-11/h2-5,8-9,14,16H,6-7H2,1H3.